The molecule has 1 fully saturated rings. The van der Waals surface area contributed by atoms with Gasteiger partial charge in [0.05, 0.1) is 0 Å². The SMILES string of the molecule is CC(C)C1CCC(CN)C(Cc2cc(F)cc(F)c2)C1. The Morgan fingerprint density at radius 3 is 2.30 bits per heavy atom. The largest absolute Gasteiger partial charge is 0.330 e. The summed E-state index contributed by atoms with van der Waals surface area (Å²) in [5.74, 6) is 1.33. The zero-order valence-corrected chi connectivity index (χ0v) is 12.4. The van der Waals surface area contributed by atoms with E-state index >= 15 is 0 Å². The molecule has 2 rings (SSSR count). The van der Waals surface area contributed by atoms with Gasteiger partial charge in [-0.3, -0.25) is 0 Å². The van der Waals surface area contributed by atoms with Crippen molar-refractivity contribution in [2.45, 2.75) is 39.5 Å². The molecule has 112 valence electrons. The normalized spacial score (nSPS) is 27.0. The predicted molar refractivity (Wildman–Crippen MR) is 78.3 cm³/mol. The first-order valence-electron chi connectivity index (χ1n) is 7.64. The minimum absolute atomic E-state index is 0.447. The van der Waals surface area contributed by atoms with Gasteiger partial charge >= 0.3 is 0 Å². The van der Waals surface area contributed by atoms with Crippen molar-refractivity contribution in [1.82, 2.24) is 0 Å². The summed E-state index contributed by atoms with van der Waals surface area (Å²) in [7, 11) is 0. The molecule has 2 N–H and O–H groups in total. The van der Waals surface area contributed by atoms with Crippen LogP contribution in [0.2, 0.25) is 0 Å². The van der Waals surface area contributed by atoms with Gasteiger partial charge in [-0.25, -0.2) is 8.78 Å². The van der Waals surface area contributed by atoms with Gasteiger partial charge in [-0.05, 0) is 73.6 Å². The number of halogens is 2. The highest BCUT2D eigenvalue weighted by Crippen LogP contribution is 2.38. The Balaban J connectivity index is 2.11. The molecule has 0 bridgehead atoms. The third kappa shape index (κ3) is 3.78. The van der Waals surface area contributed by atoms with Crippen molar-refractivity contribution in [3.8, 4) is 0 Å². The molecule has 1 nitrogen and oxygen atoms in total. The van der Waals surface area contributed by atoms with Crippen LogP contribution in [0.3, 0.4) is 0 Å². The molecule has 1 aliphatic carbocycles. The number of nitrogens with two attached hydrogens (primary N) is 1. The molecular formula is C17H25F2N. The maximum absolute atomic E-state index is 13.3. The molecule has 0 amide bonds. The molecule has 0 spiro atoms. The molecule has 0 aliphatic heterocycles. The van der Waals surface area contributed by atoms with Crippen LogP contribution in [0, 0.1) is 35.3 Å². The van der Waals surface area contributed by atoms with Gasteiger partial charge in [0.15, 0.2) is 0 Å². The van der Waals surface area contributed by atoms with Crippen molar-refractivity contribution in [3.05, 3.63) is 35.4 Å². The number of rotatable bonds is 4. The zero-order chi connectivity index (χ0) is 14.7. The second kappa shape index (κ2) is 6.66. The highest BCUT2D eigenvalue weighted by Gasteiger charge is 2.31. The third-order valence-electron chi connectivity index (χ3n) is 4.85. The minimum atomic E-state index is -0.486. The second-order valence-electron chi connectivity index (χ2n) is 6.55. The topological polar surface area (TPSA) is 26.0 Å². The molecule has 20 heavy (non-hydrogen) atoms. The summed E-state index contributed by atoms with van der Waals surface area (Å²) >= 11 is 0. The van der Waals surface area contributed by atoms with Crippen molar-refractivity contribution in [1.29, 1.82) is 0 Å². The monoisotopic (exact) mass is 281 g/mol. The van der Waals surface area contributed by atoms with E-state index in [1.165, 1.54) is 18.6 Å². The summed E-state index contributed by atoms with van der Waals surface area (Å²) in [6.07, 6.45) is 4.23. The molecular weight excluding hydrogens is 256 g/mol. The maximum atomic E-state index is 13.3. The first-order chi connectivity index (χ1) is 9.49. The highest BCUT2D eigenvalue weighted by molar-refractivity contribution is 5.18. The van der Waals surface area contributed by atoms with Gasteiger partial charge in [0.2, 0.25) is 0 Å². The number of hydrogen-bond acceptors (Lipinski definition) is 1. The summed E-state index contributed by atoms with van der Waals surface area (Å²) in [4.78, 5) is 0. The smallest absolute Gasteiger partial charge is 0.126 e. The number of hydrogen-bond donors (Lipinski definition) is 1. The van der Waals surface area contributed by atoms with Gasteiger partial charge in [0.1, 0.15) is 11.6 Å². The molecule has 1 saturated carbocycles. The lowest BCUT2D eigenvalue weighted by molar-refractivity contribution is 0.151. The molecule has 0 aromatic heterocycles. The minimum Gasteiger partial charge on any atom is -0.330 e. The Morgan fingerprint density at radius 1 is 1.10 bits per heavy atom. The van der Waals surface area contributed by atoms with E-state index in [9.17, 15) is 8.78 Å². The van der Waals surface area contributed by atoms with Crippen molar-refractivity contribution in [2.75, 3.05) is 6.54 Å². The van der Waals surface area contributed by atoms with Crippen LogP contribution in [-0.4, -0.2) is 6.54 Å². The van der Waals surface area contributed by atoms with Crippen LogP contribution in [0.4, 0.5) is 8.78 Å². The fourth-order valence-corrected chi connectivity index (χ4v) is 3.56. The Hall–Kier alpha value is -0.960. The quantitative estimate of drug-likeness (QED) is 0.881. The van der Waals surface area contributed by atoms with Gasteiger partial charge in [-0.1, -0.05) is 13.8 Å². The third-order valence-corrected chi connectivity index (χ3v) is 4.85. The zero-order valence-electron chi connectivity index (χ0n) is 12.4. The summed E-state index contributed by atoms with van der Waals surface area (Å²) < 4.78 is 26.6. The number of benzene rings is 1. The fraction of sp³-hybridized carbons (Fsp3) is 0.647. The van der Waals surface area contributed by atoms with E-state index in [-0.39, 0.29) is 0 Å². The van der Waals surface area contributed by atoms with E-state index in [1.807, 2.05) is 0 Å². The van der Waals surface area contributed by atoms with E-state index in [0.717, 1.165) is 30.9 Å². The van der Waals surface area contributed by atoms with Gasteiger partial charge in [-0.15, -0.1) is 0 Å². The van der Waals surface area contributed by atoms with Gasteiger partial charge in [0.25, 0.3) is 0 Å². The predicted octanol–water partition coefficient (Wildman–Crippen LogP) is 4.15. The van der Waals surface area contributed by atoms with Crippen LogP contribution in [0.25, 0.3) is 0 Å². The molecule has 1 aliphatic rings. The van der Waals surface area contributed by atoms with Crippen molar-refractivity contribution >= 4 is 0 Å². The van der Waals surface area contributed by atoms with E-state index in [4.69, 9.17) is 5.73 Å². The summed E-state index contributed by atoms with van der Waals surface area (Å²) in [6.45, 7) is 5.19. The average molecular weight is 281 g/mol. The maximum Gasteiger partial charge on any atom is 0.126 e. The van der Waals surface area contributed by atoms with E-state index < -0.39 is 11.6 Å². The van der Waals surface area contributed by atoms with Gasteiger partial charge in [-0.2, -0.15) is 0 Å². The van der Waals surface area contributed by atoms with Gasteiger partial charge in [0, 0.05) is 6.07 Å². The van der Waals surface area contributed by atoms with E-state index in [0.29, 0.717) is 30.2 Å². The lowest BCUT2D eigenvalue weighted by atomic mass is 9.69. The first kappa shape index (κ1) is 15.4. The molecule has 3 heteroatoms. The lowest BCUT2D eigenvalue weighted by Gasteiger charge is -2.37. The highest BCUT2D eigenvalue weighted by atomic mass is 19.1. The van der Waals surface area contributed by atoms with E-state index in [1.54, 1.807) is 0 Å². The Morgan fingerprint density at radius 2 is 1.75 bits per heavy atom. The van der Waals surface area contributed by atoms with Gasteiger partial charge < -0.3 is 5.73 Å². The van der Waals surface area contributed by atoms with Crippen LogP contribution in [0.1, 0.15) is 38.7 Å². The molecule has 3 atom stereocenters. The van der Waals surface area contributed by atoms with Crippen LogP contribution < -0.4 is 5.73 Å². The van der Waals surface area contributed by atoms with Crippen LogP contribution in [0.5, 0.6) is 0 Å². The van der Waals surface area contributed by atoms with Crippen LogP contribution in [0.15, 0.2) is 18.2 Å². The molecule has 0 radical (unpaired) electrons. The first-order valence-corrected chi connectivity index (χ1v) is 7.64. The van der Waals surface area contributed by atoms with Crippen LogP contribution in [-0.2, 0) is 6.42 Å². The van der Waals surface area contributed by atoms with Crippen molar-refractivity contribution in [3.63, 3.8) is 0 Å². The van der Waals surface area contributed by atoms with Crippen LogP contribution >= 0.6 is 0 Å². The lowest BCUT2D eigenvalue weighted by Crippen LogP contribution is -2.33. The summed E-state index contributed by atoms with van der Waals surface area (Å²) in [6, 6.07) is 3.84. The molecule has 1 aromatic carbocycles. The molecule has 1 aromatic rings. The molecule has 3 unspecified atom stereocenters. The van der Waals surface area contributed by atoms with Crippen molar-refractivity contribution in [2.24, 2.45) is 29.4 Å². The summed E-state index contributed by atoms with van der Waals surface area (Å²) in [5.41, 5.74) is 6.64. The fourth-order valence-electron chi connectivity index (χ4n) is 3.56. The molecule has 0 saturated heterocycles. The van der Waals surface area contributed by atoms with E-state index in [2.05, 4.69) is 13.8 Å². The standard InChI is InChI=1S/C17H25F2N/c1-11(2)13-3-4-14(10-20)15(8-13)5-12-6-16(18)9-17(19)7-12/h6-7,9,11,13-15H,3-5,8,10,20H2,1-2H3. The average Bonchev–Trinajstić information content (AvgIpc) is 2.37. The molecule has 0 heterocycles. The second-order valence-corrected chi connectivity index (χ2v) is 6.55. The summed E-state index contributed by atoms with van der Waals surface area (Å²) in [5, 5.41) is 0. The van der Waals surface area contributed by atoms with Crippen molar-refractivity contribution < 1.29 is 8.78 Å². The Kier molecular flexibility index (Phi) is 5.14. The Labute approximate surface area is 120 Å². The Bertz CT molecular complexity index is 424.